The van der Waals surface area contributed by atoms with Crippen molar-refractivity contribution in [2.24, 2.45) is 0 Å². The average Bonchev–Trinajstić information content (AvgIpc) is 3.07. The SMILES string of the molecule is Cc1noc(C(C)Sc2nnc(-c3cccs3)o2)n1. The van der Waals surface area contributed by atoms with Gasteiger partial charge in [-0.15, -0.1) is 21.5 Å². The first-order valence-electron chi connectivity index (χ1n) is 5.56. The molecule has 8 heteroatoms. The summed E-state index contributed by atoms with van der Waals surface area (Å²) in [6.45, 7) is 3.73. The molecule has 0 aromatic carbocycles. The fourth-order valence-electron chi connectivity index (χ4n) is 1.44. The zero-order chi connectivity index (χ0) is 13.2. The zero-order valence-corrected chi connectivity index (χ0v) is 11.9. The Morgan fingerprint density at radius 1 is 1.37 bits per heavy atom. The van der Waals surface area contributed by atoms with Crippen LogP contribution in [0.1, 0.15) is 23.9 Å². The van der Waals surface area contributed by atoms with E-state index in [-0.39, 0.29) is 5.25 Å². The summed E-state index contributed by atoms with van der Waals surface area (Å²) in [5, 5.41) is 14.2. The predicted molar refractivity (Wildman–Crippen MR) is 70.9 cm³/mol. The minimum Gasteiger partial charge on any atom is -0.410 e. The highest BCUT2D eigenvalue weighted by Crippen LogP contribution is 2.34. The number of thioether (sulfide) groups is 1. The van der Waals surface area contributed by atoms with Gasteiger partial charge in [0.15, 0.2) is 5.82 Å². The number of aryl methyl sites for hydroxylation is 1. The average molecular weight is 294 g/mol. The van der Waals surface area contributed by atoms with Crippen LogP contribution in [0.2, 0.25) is 0 Å². The van der Waals surface area contributed by atoms with Gasteiger partial charge in [0, 0.05) is 0 Å². The summed E-state index contributed by atoms with van der Waals surface area (Å²) in [5.74, 6) is 1.71. The quantitative estimate of drug-likeness (QED) is 0.683. The second-order valence-corrected chi connectivity index (χ2v) is 6.03. The monoisotopic (exact) mass is 294 g/mol. The van der Waals surface area contributed by atoms with Gasteiger partial charge in [-0.3, -0.25) is 0 Å². The lowest BCUT2D eigenvalue weighted by Crippen LogP contribution is -1.88. The number of rotatable bonds is 4. The van der Waals surface area contributed by atoms with E-state index in [2.05, 4.69) is 20.3 Å². The van der Waals surface area contributed by atoms with E-state index >= 15 is 0 Å². The Morgan fingerprint density at radius 2 is 2.26 bits per heavy atom. The van der Waals surface area contributed by atoms with Gasteiger partial charge in [-0.05, 0) is 25.3 Å². The third kappa shape index (κ3) is 2.69. The number of nitrogens with zero attached hydrogens (tertiary/aromatic N) is 4. The molecular formula is C11H10N4O2S2. The fraction of sp³-hybridized carbons (Fsp3) is 0.273. The lowest BCUT2D eigenvalue weighted by atomic mass is 10.5. The molecule has 0 N–H and O–H groups in total. The van der Waals surface area contributed by atoms with Gasteiger partial charge in [0.1, 0.15) is 0 Å². The molecule has 3 heterocycles. The summed E-state index contributed by atoms with van der Waals surface area (Å²) in [5.41, 5.74) is 0. The van der Waals surface area contributed by atoms with Crippen LogP contribution in [0.15, 0.2) is 31.7 Å². The Hall–Kier alpha value is -1.67. The van der Waals surface area contributed by atoms with E-state index in [1.54, 1.807) is 18.3 Å². The molecule has 98 valence electrons. The molecule has 19 heavy (non-hydrogen) atoms. The first-order chi connectivity index (χ1) is 9.22. The topological polar surface area (TPSA) is 77.8 Å². The van der Waals surface area contributed by atoms with Crippen LogP contribution in [0.4, 0.5) is 0 Å². The molecule has 0 radical (unpaired) electrons. The molecule has 1 unspecified atom stereocenters. The highest BCUT2D eigenvalue weighted by atomic mass is 32.2. The predicted octanol–water partition coefficient (Wildman–Crippen LogP) is 3.34. The zero-order valence-electron chi connectivity index (χ0n) is 10.2. The molecule has 0 aliphatic heterocycles. The van der Waals surface area contributed by atoms with Crippen LogP contribution in [-0.2, 0) is 0 Å². The van der Waals surface area contributed by atoms with Gasteiger partial charge < -0.3 is 8.94 Å². The van der Waals surface area contributed by atoms with Crippen LogP contribution in [-0.4, -0.2) is 20.3 Å². The van der Waals surface area contributed by atoms with Gasteiger partial charge in [0.25, 0.3) is 11.1 Å². The van der Waals surface area contributed by atoms with Crippen LogP contribution in [0.5, 0.6) is 0 Å². The van der Waals surface area contributed by atoms with Gasteiger partial charge in [0.05, 0.1) is 10.1 Å². The van der Waals surface area contributed by atoms with Crippen molar-refractivity contribution < 1.29 is 8.94 Å². The van der Waals surface area contributed by atoms with Crippen molar-refractivity contribution in [3.05, 3.63) is 29.2 Å². The molecule has 0 fully saturated rings. The second kappa shape index (κ2) is 5.14. The molecule has 3 rings (SSSR count). The van der Waals surface area contributed by atoms with Gasteiger partial charge in [-0.25, -0.2) is 0 Å². The number of aromatic nitrogens is 4. The summed E-state index contributed by atoms with van der Waals surface area (Å²) in [6, 6.07) is 3.89. The van der Waals surface area contributed by atoms with Crippen molar-refractivity contribution in [1.29, 1.82) is 0 Å². The Labute approximate surface area is 117 Å². The largest absolute Gasteiger partial charge is 0.410 e. The summed E-state index contributed by atoms with van der Waals surface area (Å²) in [7, 11) is 0. The maximum absolute atomic E-state index is 5.59. The molecule has 1 atom stereocenters. The van der Waals surface area contributed by atoms with Crippen LogP contribution in [0.25, 0.3) is 10.8 Å². The number of thiophene rings is 1. The molecular weight excluding hydrogens is 284 g/mol. The molecule has 3 aromatic rings. The molecule has 0 amide bonds. The van der Waals surface area contributed by atoms with Crippen LogP contribution in [0.3, 0.4) is 0 Å². The van der Waals surface area contributed by atoms with Crippen molar-refractivity contribution in [2.45, 2.75) is 24.3 Å². The Kier molecular flexibility index (Phi) is 3.34. The standard InChI is InChI=1S/C11H10N4O2S2/c1-6(9-12-7(2)15-17-9)19-11-14-13-10(16-11)8-4-3-5-18-8/h3-6H,1-2H3. The highest BCUT2D eigenvalue weighted by molar-refractivity contribution is 7.99. The highest BCUT2D eigenvalue weighted by Gasteiger charge is 2.18. The van der Waals surface area contributed by atoms with Crippen molar-refractivity contribution in [3.8, 4) is 10.8 Å². The van der Waals surface area contributed by atoms with E-state index in [4.69, 9.17) is 8.94 Å². The molecule has 3 aromatic heterocycles. The third-order valence-corrected chi connectivity index (χ3v) is 4.09. The van der Waals surface area contributed by atoms with Crippen molar-refractivity contribution >= 4 is 23.1 Å². The van der Waals surface area contributed by atoms with E-state index < -0.39 is 0 Å². The summed E-state index contributed by atoms with van der Waals surface area (Å²) in [6.07, 6.45) is 0. The van der Waals surface area contributed by atoms with Crippen molar-refractivity contribution in [2.75, 3.05) is 0 Å². The number of hydrogen-bond donors (Lipinski definition) is 0. The van der Waals surface area contributed by atoms with Gasteiger partial charge in [0.2, 0.25) is 5.89 Å². The van der Waals surface area contributed by atoms with Crippen molar-refractivity contribution in [3.63, 3.8) is 0 Å². The third-order valence-electron chi connectivity index (χ3n) is 2.31. The maximum atomic E-state index is 5.59. The smallest absolute Gasteiger partial charge is 0.277 e. The fourth-order valence-corrected chi connectivity index (χ4v) is 2.80. The lowest BCUT2D eigenvalue weighted by Gasteiger charge is -2.00. The van der Waals surface area contributed by atoms with Crippen LogP contribution >= 0.6 is 23.1 Å². The molecule has 0 saturated heterocycles. The maximum Gasteiger partial charge on any atom is 0.277 e. The first-order valence-corrected chi connectivity index (χ1v) is 7.32. The van der Waals surface area contributed by atoms with Crippen molar-refractivity contribution in [1.82, 2.24) is 20.3 Å². The first kappa shape index (κ1) is 12.4. The Bertz CT molecular complexity index is 662. The molecule has 0 bridgehead atoms. The Morgan fingerprint density at radius 3 is 2.95 bits per heavy atom. The Balaban J connectivity index is 1.74. The van der Waals surface area contributed by atoms with E-state index in [1.807, 2.05) is 24.4 Å². The summed E-state index contributed by atoms with van der Waals surface area (Å²) in [4.78, 5) is 5.14. The second-order valence-electron chi connectivity index (χ2n) is 3.79. The van der Waals surface area contributed by atoms with Gasteiger partial charge >= 0.3 is 0 Å². The van der Waals surface area contributed by atoms with E-state index in [1.165, 1.54) is 11.8 Å². The normalized spacial score (nSPS) is 12.7. The van der Waals surface area contributed by atoms with Crippen LogP contribution < -0.4 is 0 Å². The number of hydrogen-bond acceptors (Lipinski definition) is 8. The summed E-state index contributed by atoms with van der Waals surface area (Å²) < 4.78 is 10.7. The minimum atomic E-state index is -0.0298. The van der Waals surface area contributed by atoms with Gasteiger partial charge in [-0.2, -0.15) is 4.98 Å². The molecule has 0 aliphatic carbocycles. The summed E-state index contributed by atoms with van der Waals surface area (Å²) >= 11 is 2.96. The molecule has 0 aliphatic rings. The van der Waals surface area contributed by atoms with E-state index in [0.717, 1.165) is 4.88 Å². The van der Waals surface area contributed by atoms with Crippen LogP contribution in [0, 0.1) is 6.92 Å². The molecule has 6 nitrogen and oxygen atoms in total. The lowest BCUT2D eigenvalue weighted by molar-refractivity contribution is 0.375. The van der Waals surface area contributed by atoms with E-state index in [0.29, 0.717) is 22.8 Å². The molecule has 0 spiro atoms. The van der Waals surface area contributed by atoms with Gasteiger partial charge in [-0.1, -0.05) is 23.0 Å². The molecule has 0 saturated carbocycles. The van der Waals surface area contributed by atoms with E-state index in [9.17, 15) is 0 Å². The minimum absolute atomic E-state index is 0.0298.